The van der Waals surface area contributed by atoms with Crippen molar-refractivity contribution in [2.45, 2.75) is 19.4 Å². The summed E-state index contributed by atoms with van der Waals surface area (Å²) in [4.78, 5) is 10.2. The minimum atomic E-state index is -0.409. The molecular formula is C16H17FN2O2. The summed E-state index contributed by atoms with van der Waals surface area (Å²) in [5, 5.41) is 13.9. The number of nitrogens with zero attached hydrogens (tertiary/aromatic N) is 1. The van der Waals surface area contributed by atoms with E-state index in [2.05, 4.69) is 5.32 Å². The highest BCUT2D eigenvalue weighted by molar-refractivity contribution is 5.33. The van der Waals surface area contributed by atoms with Gasteiger partial charge in [0.2, 0.25) is 0 Å². The second kappa shape index (κ2) is 6.95. The molecule has 1 atom stereocenters. The van der Waals surface area contributed by atoms with Crippen LogP contribution in [0.25, 0.3) is 0 Å². The van der Waals surface area contributed by atoms with E-state index in [1.165, 1.54) is 24.3 Å². The van der Waals surface area contributed by atoms with Gasteiger partial charge in [-0.3, -0.25) is 10.1 Å². The second-order valence-corrected chi connectivity index (χ2v) is 4.90. The van der Waals surface area contributed by atoms with E-state index in [1.807, 2.05) is 13.0 Å². The van der Waals surface area contributed by atoms with Crippen LogP contribution in [-0.4, -0.2) is 11.5 Å². The van der Waals surface area contributed by atoms with E-state index in [-0.39, 0.29) is 17.5 Å². The molecular weight excluding hydrogens is 271 g/mol. The number of rotatable bonds is 6. The molecule has 1 N–H and O–H groups in total. The van der Waals surface area contributed by atoms with Crippen molar-refractivity contribution < 1.29 is 9.31 Å². The first-order chi connectivity index (χ1) is 10.1. The average Bonchev–Trinajstić information content (AvgIpc) is 2.47. The molecule has 0 aromatic heterocycles. The Balaban J connectivity index is 1.85. The zero-order valence-electron chi connectivity index (χ0n) is 11.8. The van der Waals surface area contributed by atoms with Crippen molar-refractivity contribution in [3.05, 3.63) is 75.6 Å². The largest absolute Gasteiger partial charge is 0.310 e. The summed E-state index contributed by atoms with van der Waals surface area (Å²) in [6.45, 7) is 2.69. The van der Waals surface area contributed by atoms with E-state index in [4.69, 9.17) is 0 Å². The number of benzene rings is 2. The van der Waals surface area contributed by atoms with Crippen LogP contribution in [0.3, 0.4) is 0 Å². The van der Waals surface area contributed by atoms with Crippen LogP contribution in [0.2, 0.25) is 0 Å². The second-order valence-electron chi connectivity index (χ2n) is 4.90. The molecule has 2 aromatic carbocycles. The Kier molecular flexibility index (Phi) is 5.00. The molecule has 0 aliphatic carbocycles. The molecule has 0 fully saturated rings. The fourth-order valence-electron chi connectivity index (χ4n) is 2.11. The van der Waals surface area contributed by atoms with Crippen molar-refractivity contribution in [1.82, 2.24) is 5.32 Å². The molecule has 0 saturated carbocycles. The van der Waals surface area contributed by atoms with Gasteiger partial charge in [0.1, 0.15) is 5.82 Å². The fraction of sp³-hybridized carbons (Fsp3) is 0.250. The number of nitro benzene ring substituents is 1. The van der Waals surface area contributed by atoms with Crippen molar-refractivity contribution in [2.75, 3.05) is 6.54 Å². The minimum Gasteiger partial charge on any atom is -0.310 e. The van der Waals surface area contributed by atoms with Crippen LogP contribution in [0, 0.1) is 15.9 Å². The molecule has 0 spiro atoms. The molecule has 21 heavy (non-hydrogen) atoms. The van der Waals surface area contributed by atoms with E-state index in [0.717, 1.165) is 24.1 Å². The molecule has 0 aliphatic heterocycles. The summed E-state index contributed by atoms with van der Waals surface area (Å²) in [6, 6.07) is 13.1. The van der Waals surface area contributed by atoms with Crippen molar-refractivity contribution in [2.24, 2.45) is 0 Å². The van der Waals surface area contributed by atoms with Crippen LogP contribution < -0.4 is 5.32 Å². The Labute approximate surface area is 122 Å². The van der Waals surface area contributed by atoms with E-state index < -0.39 is 4.92 Å². The van der Waals surface area contributed by atoms with Crippen LogP contribution in [0.1, 0.15) is 24.1 Å². The first-order valence-electron chi connectivity index (χ1n) is 6.78. The number of nitrogens with one attached hydrogen (secondary N) is 1. The highest BCUT2D eigenvalue weighted by atomic mass is 19.1. The van der Waals surface area contributed by atoms with Gasteiger partial charge in [-0.15, -0.1) is 0 Å². The SMILES string of the molecule is C[C@H](NCCc1ccc([N+](=O)[O-])cc1)c1cccc(F)c1. The molecule has 110 valence electrons. The maximum absolute atomic E-state index is 13.1. The Morgan fingerprint density at radius 1 is 1.24 bits per heavy atom. The number of halogens is 1. The predicted octanol–water partition coefficient (Wildman–Crippen LogP) is 3.63. The number of non-ortho nitro benzene ring substituents is 1. The summed E-state index contributed by atoms with van der Waals surface area (Å²) in [6.07, 6.45) is 0.762. The molecule has 0 radical (unpaired) electrons. The zero-order valence-corrected chi connectivity index (χ0v) is 11.8. The van der Waals surface area contributed by atoms with Crippen molar-refractivity contribution in [1.29, 1.82) is 0 Å². The predicted molar refractivity (Wildman–Crippen MR) is 79.6 cm³/mol. The molecule has 0 saturated heterocycles. The highest BCUT2D eigenvalue weighted by Crippen LogP contribution is 2.14. The summed E-state index contributed by atoms with van der Waals surface area (Å²) < 4.78 is 13.1. The Hall–Kier alpha value is -2.27. The van der Waals surface area contributed by atoms with Crippen LogP contribution in [-0.2, 0) is 6.42 Å². The van der Waals surface area contributed by atoms with Gasteiger partial charge >= 0.3 is 0 Å². The molecule has 2 rings (SSSR count). The Bertz CT molecular complexity index is 614. The van der Waals surface area contributed by atoms with E-state index >= 15 is 0 Å². The van der Waals surface area contributed by atoms with Gasteiger partial charge in [-0.2, -0.15) is 0 Å². The fourth-order valence-corrected chi connectivity index (χ4v) is 2.11. The third-order valence-corrected chi connectivity index (χ3v) is 3.36. The van der Waals surface area contributed by atoms with Gasteiger partial charge in [-0.05, 0) is 43.1 Å². The summed E-state index contributed by atoms with van der Waals surface area (Å²) in [5.74, 6) is -0.239. The lowest BCUT2D eigenvalue weighted by Crippen LogP contribution is -2.21. The average molecular weight is 288 g/mol. The van der Waals surface area contributed by atoms with E-state index in [0.29, 0.717) is 0 Å². The lowest BCUT2D eigenvalue weighted by molar-refractivity contribution is -0.384. The first kappa shape index (κ1) is 15.1. The van der Waals surface area contributed by atoms with E-state index in [9.17, 15) is 14.5 Å². The van der Waals surface area contributed by atoms with Crippen LogP contribution >= 0.6 is 0 Å². The van der Waals surface area contributed by atoms with E-state index in [1.54, 1.807) is 18.2 Å². The molecule has 5 heteroatoms. The number of hydrogen-bond acceptors (Lipinski definition) is 3. The monoisotopic (exact) mass is 288 g/mol. The lowest BCUT2D eigenvalue weighted by Gasteiger charge is -2.14. The molecule has 0 bridgehead atoms. The van der Waals surface area contributed by atoms with Gasteiger partial charge in [-0.1, -0.05) is 24.3 Å². The maximum atomic E-state index is 13.1. The van der Waals surface area contributed by atoms with Gasteiger partial charge < -0.3 is 5.32 Å². The molecule has 0 heterocycles. The molecule has 0 amide bonds. The number of nitro groups is 1. The quantitative estimate of drug-likeness (QED) is 0.652. The van der Waals surface area contributed by atoms with Gasteiger partial charge in [0.25, 0.3) is 5.69 Å². The topological polar surface area (TPSA) is 55.2 Å². The van der Waals surface area contributed by atoms with Crippen molar-refractivity contribution >= 4 is 5.69 Å². The normalized spacial score (nSPS) is 12.1. The minimum absolute atomic E-state index is 0.0544. The summed E-state index contributed by atoms with van der Waals surface area (Å²) >= 11 is 0. The van der Waals surface area contributed by atoms with Crippen molar-refractivity contribution in [3.8, 4) is 0 Å². The lowest BCUT2D eigenvalue weighted by atomic mass is 10.1. The third kappa shape index (κ3) is 4.36. The van der Waals surface area contributed by atoms with Gasteiger partial charge in [-0.25, -0.2) is 4.39 Å². The first-order valence-corrected chi connectivity index (χ1v) is 6.78. The van der Waals surface area contributed by atoms with Crippen LogP contribution in [0.15, 0.2) is 48.5 Å². The smallest absolute Gasteiger partial charge is 0.269 e. The number of hydrogen-bond donors (Lipinski definition) is 1. The van der Waals surface area contributed by atoms with Gasteiger partial charge in [0.05, 0.1) is 4.92 Å². The molecule has 2 aromatic rings. The van der Waals surface area contributed by atoms with Crippen LogP contribution in [0.5, 0.6) is 0 Å². The molecule has 4 nitrogen and oxygen atoms in total. The standard InChI is InChI=1S/C16H17FN2O2/c1-12(14-3-2-4-15(17)11-14)18-10-9-13-5-7-16(8-6-13)19(20)21/h2-8,11-12,18H,9-10H2,1H3/t12-/m0/s1. The third-order valence-electron chi connectivity index (χ3n) is 3.36. The van der Waals surface area contributed by atoms with Gasteiger partial charge in [0.15, 0.2) is 0 Å². The summed E-state index contributed by atoms with van der Waals surface area (Å²) in [7, 11) is 0. The Morgan fingerprint density at radius 3 is 2.57 bits per heavy atom. The molecule has 0 unspecified atom stereocenters. The zero-order chi connectivity index (χ0) is 15.2. The Morgan fingerprint density at radius 2 is 1.95 bits per heavy atom. The summed E-state index contributed by atoms with van der Waals surface area (Å²) in [5.41, 5.74) is 2.03. The highest BCUT2D eigenvalue weighted by Gasteiger charge is 2.06. The van der Waals surface area contributed by atoms with Gasteiger partial charge in [0, 0.05) is 18.2 Å². The maximum Gasteiger partial charge on any atom is 0.269 e. The van der Waals surface area contributed by atoms with Crippen LogP contribution in [0.4, 0.5) is 10.1 Å². The molecule has 0 aliphatic rings. The van der Waals surface area contributed by atoms with Crippen molar-refractivity contribution in [3.63, 3.8) is 0 Å².